The molecule has 0 radical (unpaired) electrons. The Bertz CT molecular complexity index is 927. The second-order valence-electron chi connectivity index (χ2n) is 6.26. The first kappa shape index (κ1) is 15.6. The van der Waals surface area contributed by atoms with E-state index in [1.165, 1.54) is 12.1 Å². The number of benzene rings is 1. The van der Waals surface area contributed by atoms with E-state index in [4.69, 9.17) is 4.52 Å². The minimum absolute atomic E-state index is 0.273. The number of aryl methyl sites for hydroxylation is 1. The highest BCUT2D eigenvalue weighted by Gasteiger charge is 2.29. The van der Waals surface area contributed by atoms with Gasteiger partial charge in [-0.15, -0.1) is 0 Å². The summed E-state index contributed by atoms with van der Waals surface area (Å²) in [4.78, 5) is 16.9. The summed E-state index contributed by atoms with van der Waals surface area (Å²) in [6.07, 6.45) is 3.98. The number of aromatic nitrogens is 3. The summed E-state index contributed by atoms with van der Waals surface area (Å²) in [6, 6.07) is 7.76. The molecule has 1 N–H and O–H groups in total. The molecule has 1 fully saturated rings. The molecule has 1 amide bonds. The first-order valence-electron chi connectivity index (χ1n) is 8.15. The van der Waals surface area contributed by atoms with Gasteiger partial charge in [0, 0.05) is 17.8 Å². The van der Waals surface area contributed by atoms with Gasteiger partial charge in [-0.3, -0.25) is 4.79 Å². The Morgan fingerprint density at radius 2 is 2.24 bits per heavy atom. The SMILES string of the molecule is Cc1cc(F)ccc1NC(=O)c1cccn1Cc1noc(C2CC2)n1. The van der Waals surface area contributed by atoms with Crippen LogP contribution in [-0.2, 0) is 6.54 Å². The molecular weight excluding hydrogens is 323 g/mol. The van der Waals surface area contributed by atoms with Gasteiger partial charge in [0.25, 0.3) is 5.91 Å². The number of carbonyl (C=O) groups excluding carboxylic acids is 1. The van der Waals surface area contributed by atoms with E-state index in [-0.39, 0.29) is 11.7 Å². The third kappa shape index (κ3) is 3.31. The number of amides is 1. The summed E-state index contributed by atoms with van der Waals surface area (Å²) in [5, 5.41) is 6.79. The molecule has 128 valence electrons. The van der Waals surface area contributed by atoms with Gasteiger partial charge in [0.1, 0.15) is 11.5 Å². The number of halogens is 1. The van der Waals surface area contributed by atoms with Crippen molar-refractivity contribution in [1.29, 1.82) is 0 Å². The van der Waals surface area contributed by atoms with Gasteiger partial charge in [-0.25, -0.2) is 4.39 Å². The van der Waals surface area contributed by atoms with Crippen LogP contribution in [0.3, 0.4) is 0 Å². The highest BCUT2D eigenvalue weighted by Crippen LogP contribution is 2.38. The zero-order valence-electron chi connectivity index (χ0n) is 13.7. The standard InChI is InChI=1S/C18H17FN4O2/c1-11-9-13(19)6-7-14(11)20-17(24)15-3-2-8-23(15)10-16-21-18(25-22-16)12-4-5-12/h2-3,6-9,12H,4-5,10H2,1H3,(H,20,24). The molecule has 0 spiro atoms. The second-order valence-corrected chi connectivity index (χ2v) is 6.26. The van der Waals surface area contributed by atoms with E-state index in [0.717, 1.165) is 12.8 Å². The smallest absolute Gasteiger partial charge is 0.272 e. The Morgan fingerprint density at radius 1 is 1.40 bits per heavy atom. The molecule has 25 heavy (non-hydrogen) atoms. The van der Waals surface area contributed by atoms with Crippen LogP contribution in [0.4, 0.5) is 10.1 Å². The average molecular weight is 340 g/mol. The van der Waals surface area contributed by atoms with E-state index >= 15 is 0 Å². The second kappa shape index (κ2) is 6.16. The van der Waals surface area contributed by atoms with Crippen molar-refractivity contribution >= 4 is 11.6 Å². The van der Waals surface area contributed by atoms with Gasteiger partial charge in [0.05, 0.1) is 6.54 Å². The molecule has 0 unspecified atom stereocenters. The van der Waals surface area contributed by atoms with Crippen molar-refractivity contribution in [1.82, 2.24) is 14.7 Å². The van der Waals surface area contributed by atoms with E-state index in [2.05, 4.69) is 15.5 Å². The van der Waals surface area contributed by atoms with Crippen LogP contribution >= 0.6 is 0 Å². The minimum Gasteiger partial charge on any atom is -0.339 e. The van der Waals surface area contributed by atoms with Crippen LogP contribution in [0.5, 0.6) is 0 Å². The van der Waals surface area contributed by atoms with Crippen LogP contribution in [0.15, 0.2) is 41.1 Å². The predicted octanol–water partition coefficient (Wildman–Crippen LogP) is 3.50. The summed E-state index contributed by atoms with van der Waals surface area (Å²) in [5.74, 6) is 1.02. The van der Waals surface area contributed by atoms with Crippen LogP contribution in [0.1, 0.15) is 46.5 Å². The van der Waals surface area contributed by atoms with Crippen LogP contribution < -0.4 is 5.32 Å². The number of hydrogen-bond acceptors (Lipinski definition) is 4. The van der Waals surface area contributed by atoms with Crippen molar-refractivity contribution in [3.05, 3.63) is 65.3 Å². The Labute approximate surface area is 143 Å². The number of nitrogens with zero attached hydrogens (tertiary/aromatic N) is 3. The number of hydrogen-bond donors (Lipinski definition) is 1. The molecule has 1 aliphatic rings. The van der Waals surface area contributed by atoms with Gasteiger partial charge in [-0.1, -0.05) is 5.16 Å². The van der Waals surface area contributed by atoms with Gasteiger partial charge >= 0.3 is 0 Å². The monoisotopic (exact) mass is 340 g/mol. The molecule has 0 atom stereocenters. The fourth-order valence-electron chi connectivity index (χ4n) is 2.69. The molecule has 1 aromatic carbocycles. The molecule has 2 aromatic heterocycles. The quantitative estimate of drug-likeness (QED) is 0.771. The average Bonchev–Trinajstić information content (AvgIpc) is 3.15. The van der Waals surface area contributed by atoms with E-state index in [1.54, 1.807) is 35.9 Å². The summed E-state index contributed by atoms with van der Waals surface area (Å²) >= 11 is 0. The van der Waals surface area contributed by atoms with Crippen molar-refractivity contribution in [2.75, 3.05) is 5.32 Å². The molecule has 0 saturated heterocycles. The Morgan fingerprint density at radius 3 is 3.00 bits per heavy atom. The van der Waals surface area contributed by atoms with E-state index in [1.807, 2.05) is 0 Å². The Balaban J connectivity index is 1.50. The third-order valence-corrected chi connectivity index (χ3v) is 4.22. The molecule has 6 nitrogen and oxygen atoms in total. The molecular formula is C18H17FN4O2. The summed E-state index contributed by atoms with van der Waals surface area (Å²) in [6.45, 7) is 2.10. The molecule has 7 heteroatoms. The lowest BCUT2D eigenvalue weighted by molar-refractivity contribution is 0.101. The highest BCUT2D eigenvalue weighted by atomic mass is 19.1. The zero-order chi connectivity index (χ0) is 17.4. The van der Waals surface area contributed by atoms with Crippen molar-refractivity contribution in [2.45, 2.75) is 32.2 Å². The highest BCUT2D eigenvalue weighted by molar-refractivity contribution is 6.03. The maximum Gasteiger partial charge on any atom is 0.272 e. The lowest BCUT2D eigenvalue weighted by Crippen LogP contribution is -2.18. The van der Waals surface area contributed by atoms with Crippen LogP contribution in [0.2, 0.25) is 0 Å². The number of rotatable bonds is 5. The van der Waals surface area contributed by atoms with Gasteiger partial charge in [0.15, 0.2) is 5.82 Å². The van der Waals surface area contributed by atoms with Gasteiger partial charge in [-0.2, -0.15) is 4.98 Å². The maximum atomic E-state index is 13.2. The first-order chi connectivity index (χ1) is 12.1. The molecule has 1 saturated carbocycles. The van der Waals surface area contributed by atoms with Crippen LogP contribution in [0.25, 0.3) is 0 Å². The summed E-state index contributed by atoms with van der Waals surface area (Å²) < 4.78 is 20.2. The van der Waals surface area contributed by atoms with Crippen molar-refractivity contribution in [3.63, 3.8) is 0 Å². The number of anilines is 1. The van der Waals surface area contributed by atoms with Crippen LogP contribution in [-0.4, -0.2) is 20.6 Å². The summed E-state index contributed by atoms with van der Waals surface area (Å²) in [5.41, 5.74) is 1.72. The molecule has 4 rings (SSSR count). The van der Waals surface area contributed by atoms with Crippen molar-refractivity contribution in [3.8, 4) is 0 Å². The fraction of sp³-hybridized carbons (Fsp3) is 0.278. The number of nitrogens with one attached hydrogen (secondary N) is 1. The topological polar surface area (TPSA) is 73.0 Å². The fourth-order valence-corrected chi connectivity index (χ4v) is 2.69. The van der Waals surface area contributed by atoms with Crippen molar-refractivity contribution in [2.24, 2.45) is 0 Å². The summed E-state index contributed by atoms with van der Waals surface area (Å²) in [7, 11) is 0. The molecule has 1 aliphatic carbocycles. The molecule has 3 aromatic rings. The van der Waals surface area contributed by atoms with Gasteiger partial charge in [0.2, 0.25) is 5.89 Å². The number of carbonyl (C=O) groups is 1. The van der Waals surface area contributed by atoms with Gasteiger partial charge in [-0.05, 0) is 55.7 Å². The maximum absolute atomic E-state index is 13.2. The molecule has 2 heterocycles. The van der Waals surface area contributed by atoms with E-state index in [0.29, 0.717) is 41.1 Å². The van der Waals surface area contributed by atoms with Gasteiger partial charge < -0.3 is 14.4 Å². The minimum atomic E-state index is -0.331. The van der Waals surface area contributed by atoms with Crippen LogP contribution in [0, 0.1) is 12.7 Å². The molecule has 0 bridgehead atoms. The molecule has 0 aliphatic heterocycles. The third-order valence-electron chi connectivity index (χ3n) is 4.22. The Kier molecular flexibility index (Phi) is 3.83. The van der Waals surface area contributed by atoms with Crippen molar-refractivity contribution < 1.29 is 13.7 Å². The normalized spacial score (nSPS) is 13.8. The lowest BCUT2D eigenvalue weighted by Gasteiger charge is -2.10. The first-order valence-corrected chi connectivity index (χ1v) is 8.15. The zero-order valence-corrected chi connectivity index (χ0v) is 13.7. The lowest BCUT2D eigenvalue weighted by atomic mass is 10.2. The van der Waals surface area contributed by atoms with E-state index in [9.17, 15) is 9.18 Å². The Hall–Kier alpha value is -2.96. The predicted molar refractivity (Wildman–Crippen MR) is 88.9 cm³/mol. The largest absolute Gasteiger partial charge is 0.339 e. The van der Waals surface area contributed by atoms with E-state index < -0.39 is 0 Å².